The maximum atomic E-state index is 12.2. The Balaban J connectivity index is 2.59. The van der Waals surface area contributed by atoms with Crippen molar-refractivity contribution in [3.8, 4) is 0 Å². The fraction of sp³-hybridized carbons (Fsp3) is 0.900. The van der Waals surface area contributed by atoms with Crippen LogP contribution in [0, 0.1) is 0 Å². The lowest BCUT2D eigenvalue weighted by molar-refractivity contribution is -0.206. The van der Waals surface area contributed by atoms with E-state index in [0.717, 1.165) is 0 Å². The van der Waals surface area contributed by atoms with Gasteiger partial charge in [-0.3, -0.25) is 0 Å². The highest BCUT2D eigenvalue weighted by Gasteiger charge is 2.44. The monoisotopic (exact) mass is 302 g/mol. The summed E-state index contributed by atoms with van der Waals surface area (Å²) < 4.78 is 41.7. The third kappa shape index (κ3) is 4.75. The highest BCUT2D eigenvalue weighted by Crippen LogP contribution is 2.28. The summed E-state index contributed by atoms with van der Waals surface area (Å²) in [5.41, 5.74) is 0. The molecule has 0 aromatic carbocycles. The molecule has 1 fully saturated rings. The first-order valence-electron chi connectivity index (χ1n) is 5.64. The Morgan fingerprint density at radius 2 is 1.95 bits per heavy atom. The van der Waals surface area contributed by atoms with Crippen molar-refractivity contribution in [3.63, 3.8) is 0 Å². The van der Waals surface area contributed by atoms with Crippen molar-refractivity contribution in [2.45, 2.75) is 37.0 Å². The van der Waals surface area contributed by atoms with Gasteiger partial charge in [-0.25, -0.2) is 0 Å². The van der Waals surface area contributed by atoms with E-state index in [1.54, 1.807) is 19.0 Å². The maximum absolute atomic E-state index is 12.2. The number of nitrogens with zero attached hydrogens (tertiary/aromatic N) is 1. The lowest BCUT2D eigenvalue weighted by Gasteiger charge is -2.39. The van der Waals surface area contributed by atoms with Crippen LogP contribution in [0.1, 0.15) is 6.42 Å². The zero-order valence-corrected chi connectivity index (χ0v) is 11.3. The van der Waals surface area contributed by atoms with Gasteiger partial charge in [0.15, 0.2) is 5.11 Å². The normalized spacial score (nSPS) is 31.9. The summed E-state index contributed by atoms with van der Waals surface area (Å²) in [6.45, 7) is -0.160. The standard InChI is InChI=1S/C10H17F3N2O3S/c1-15(2)9(19)14-5-4-18-6(3-10(11,12)13)8(17)7(5)16/h5-8,16-17H,3-4H2,1-2H3,(H,14,19)/t5-,6+,7+,8+/m0/s1. The Morgan fingerprint density at radius 3 is 2.42 bits per heavy atom. The van der Waals surface area contributed by atoms with E-state index in [2.05, 4.69) is 5.32 Å². The Morgan fingerprint density at radius 1 is 1.37 bits per heavy atom. The number of halogens is 3. The van der Waals surface area contributed by atoms with E-state index >= 15 is 0 Å². The van der Waals surface area contributed by atoms with Gasteiger partial charge in [0.05, 0.1) is 25.2 Å². The molecule has 1 aliphatic rings. The van der Waals surface area contributed by atoms with Crippen LogP contribution in [-0.2, 0) is 4.74 Å². The number of rotatable bonds is 2. The average Bonchev–Trinajstić information content (AvgIpc) is 2.27. The van der Waals surface area contributed by atoms with Crippen LogP contribution in [0.5, 0.6) is 0 Å². The summed E-state index contributed by atoms with van der Waals surface area (Å²) in [6.07, 6.45) is -10.2. The zero-order chi connectivity index (χ0) is 14.8. The number of ether oxygens (including phenoxy) is 1. The van der Waals surface area contributed by atoms with E-state index in [4.69, 9.17) is 17.0 Å². The van der Waals surface area contributed by atoms with E-state index in [1.165, 1.54) is 0 Å². The van der Waals surface area contributed by atoms with Crippen molar-refractivity contribution < 1.29 is 28.1 Å². The number of aliphatic hydroxyl groups excluding tert-OH is 2. The topological polar surface area (TPSA) is 65.0 Å². The van der Waals surface area contributed by atoms with Crippen LogP contribution in [0.3, 0.4) is 0 Å². The number of thiocarbonyl (C=S) groups is 1. The zero-order valence-electron chi connectivity index (χ0n) is 10.5. The molecule has 4 atom stereocenters. The number of hydrogen-bond acceptors (Lipinski definition) is 4. The smallest absolute Gasteiger partial charge is 0.388 e. The molecular weight excluding hydrogens is 285 g/mol. The predicted molar refractivity (Wildman–Crippen MR) is 65.6 cm³/mol. The molecule has 1 heterocycles. The molecule has 3 N–H and O–H groups in total. The minimum atomic E-state index is -4.45. The first kappa shape index (κ1) is 16.4. The molecule has 0 radical (unpaired) electrons. The van der Waals surface area contributed by atoms with Crippen LogP contribution in [0.2, 0.25) is 0 Å². The molecule has 0 bridgehead atoms. The van der Waals surface area contributed by atoms with Gasteiger partial charge in [0.1, 0.15) is 12.2 Å². The first-order valence-corrected chi connectivity index (χ1v) is 6.05. The molecule has 1 aliphatic heterocycles. The van der Waals surface area contributed by atoms with Crippen molar-refractivity contribution in [2.24, 2.45) is 0 Å². The molecule has 1 saturated heterocycles. The Hall–Kier alpha value is -0.640. The van der Waals surface area contributed by atoms with Crippen LogP contribution in [0.25, 0.3) is 0 Å². The largest absolute Gasteiger partial charge is 0.391 e. The lowest BCUT2D eigenvalue weighted by Crippen LogP contribution is -2.60. The Bertz CT molecular complexity index is 328. The lowest BCUT2D eigenvalue weighted by atomic mass is 9.96. The molecule has 0 saturated carbocycles. The van der Waals surface area contributed by atoms with Crippen molar-refractivity contribution in [1.82, 2.24) is 10.2 Å². The van der Waals surface area contributed by atoms with Gasteiger partial charge in [-0.2, -0.15) is 13.2 Å². The SMILES string of the molecule is CN(C)C(=S)N[C@H]1CO[C@H](CC(F)(F)F)[C@@H](O)[C@@H]1O. The molecule has 0 aromatic heterocycles. The molecule has 9 heteroatoms. The van der Waals surface area contributed by atoms with Crippen LogP contribution < -0.4 is 5.32 Å². The van der Waals surface area contributed by atoms with Gasteiger partial charge in [0, 0.05) is 14.1 Å². The number of nitrogens with one attached hydrogen (secondary N) is 1. The van der Waals surface area contributed by atoms with Gasteiger partial charge in [0.2, 0.25) is 0 Å². The maximum Gasteiger partial charge on any atom is 0.391 e. The molecule has 0 spiro atoms. The summed E-state index contributed by atoms with van der Waals surface area (Å²) in [5.74, 6) is 0. The molecule has 5 nitrogen and oxygen atoms in total. The summed E-state index contributed by atoms with van der Waals surface area (Å²) in [4.78, 5) is 1.57. The van der Waals surface area contributed by atoms with Crippen molar-refractivity contribution >= 4 is 17.3 Å². The second-order valence-electron chi connectivity index (χ2n) is 4.62. The summed E-state index contributed by atoms with van der Waals surface area (Å²) in [5, 5.41) is 22.5. The van der Waals surface area contributed by atoms with Crippen LogP contribution in [0.15, 0.2) is 0 Å². The first-order chi connectivity index (χ1) is 8.61. The third-order valence-corrected chi connectivity index (χ3v) is 3.26. The molecular formula is C10H17F3N2O3S. The van der Waals surface area contributed by atoms with E-state index in [9.17, 15) is 23.4 Å². The average molecular weight is 302 g/mol. The van der Waals surface area contributed by atoms with Crippen LogP contribution in [0.4, 0.5) is 13.2 Å². The summed E-state index contributed by atoms with van der Waals surface area (Å²) >= 11 is 4.95. The molecule has 0 amide bonds. The second-order valence-corrected chi connectivity index (χ2v) is 5.01. The van der Waals surface area contributed by atoms with Gasteiger partial charge in [0.25, 0.3) is 0 Å². The predicted octanol–water partition coefficient (Wildman–Crippen LogP) is -0.136. The molecule has 0 aromatic rings. The highest BCUT2D eigenvalue weighted by atomic mass is 32.1. The fourth-order valence-electron chi connectivity index (χ4n) is 1.70. The number of hydrogen-bond donors (Lipinski definition) is 3. The quantitative estimate of drug-likeness (QED) is 0.617. The molecule has 1 rings (SSSR count). The van der Waals surface area contributed by atoms with E-state index in [1.807, 2.05) is 0 Å². The summed E-state index contributed by atoms with van der Waals surface area (Å²) in [7, 11) is 3.35. The molecule has 0 aliphatic carbocycles. The fourth-order valence-corrected chi connectivity index (χ4v) is 1.86. The Labute approximate surface area is 114 Å². The second kappa shape index (κ2) is 6.21. The van der Waals surface area contributed by atoms with Crippen molar-refractivity contribution in [2.75, 3.05) is 20.7 Å². The van der Waals surface area contributed by atoms with Gasteiger partial charge in [-0.1, -0.05) is 0 Å². The van der Waals surface area contributed by atoms with Crippen LogP contribution in [-0.4, -0.2) is 71.5 Å². The molecule has 19 heavy (non-hydrogen) atoms. The highest BCUT2D eigenvalue weighted by molar-refractivity contribution is 7.80. The number of alkyl halides is 3. The van der Waals surface area contributed by atoms with E-state index in [-0.39, 0.29) is 6.61 Å². The van der Waals surface area contributed by atoms with E-state index in [0.29, 0.717) is 5.11 Å². The minimum absolute atomic E-state index is 0.160. The molecule has 112 valence electrons. The summed E-state index contributed by atoms with van der Waals surface area (Å²) in [6, 6.07) is -0.741. The molecule has 0 unspecified atom stereocenters. The van der Waals surface area contributed by atoms with Gasteiger partial charge in [-0.05, 0) is 12.2 Å². The van der Waals surface area contributed by atoms with Gasteiger partial charge < -0.3 is 25.2 Å². The minimum Gasteiger partial charge on any atom is -0.388 e. The van der Waals surface area contributed by atoms with Gasteiger partial charge >= 0.3 is 6.18 Å². The van der Waals surface area contributed by atoms with Crippen LogP contribution >= 0.6 is 12.2 Å². The van der Waals surface area contributed by atoms with Gasteiger partial charge in [-0.15, -0.1) is 0 Å². The third-order valence-electron chi connectivity index (χ3n) is 2.78. The Kier molecular flexibility index (Phi) is 5.36. The number of aliphatic hydroxyl groups is 2. The van der Waals surface area contributed by atoms with Crippen molar-refractivity contribution in [3.05, 3.63) is 0 Å². The van der Waals surface area contributed by atoms with E-state index < -0.39 is 37.0 Å². The van der Waals surface area contributed by atoms with Crippen molar-refractivity contribution in [1.29, 1.82) is 0 Å².